The number of aromatic nitrogens is 4. The fourth-order valence-electron chi connectivity index (χ4n) is 1.87. The molecule has 0 atom stereocenters. The van der Waals surface area contributed by atoms with Crippen LogP contribution >= 0.6 is 11.6 Å². The summed E-state index contributed by atoms with van der Waals surface area (Å²) in [6.45, 7) is 0. The van der Waals surface area contributed by atoms with Gasteiger partial charge in [-0.05, 0) is 46.8 Å². The monoisotopic (exact) mass is 299 g/mol. The van der Waals surface area contributed by atoms with Crippen molar-refractivity contribution in [3.63, 3.8) is 0 Å². The van der Waals surface area contributed by atoms with Gasteiger partial charge in [0.25, 0.3) is 5.91 Å². The number of tetrazole rings is 1. The van der Waals surface area contributed by atoms with Gasteiger partial charge < -0.3 is 5.32 Å². The molecule has 0 bridgehead atoms. The molecular weight excluding hydrogens is 290 g/mol. The molecule has 104 valence electrons. The van der Waals surface area contributed by atoms with Crippen LogP contribution in [0.3, 0.4) is 0 Å². The summed E-state index contributed by atoms with van der Waals surface area (Å²) in [5.74, 6) is -0.247. The van der Waals surface area contributed by atoms with E-state index in [1.54, 1.807) is 42.5 Å². The highest BCUT2D eigenvalue weighted by atomic mass is 35.5. The SMILES string of the molecule is O=C(Nc1ccc(Cl)cc1)c1ccccc1-n1cnnn1. The molecule has 0 fully saturated rings. The first-order chi connectivity index (χ1) is 10.2. The van der Waals surface area contributed by atoms with Crippen molar-refractivity contribution in [2.24, 2.45) is 0 Å². The second-order valence-electron chi connectivity index (χ2n) is 4.23. The number of hydrogen-bond acceptors (Lipinski definition) is 4. The standard InChI is InChI=1S/C14H10ClN5O/c15-10-5-7-11(8-6-10)17-14(21)12-3-1-2-4-13(12)20-9-16-18-19-20/h1-9H,(H,17,21). The molecule has 1 heterocycles. The highest BCUT2D eigenvalue weighted by Crippen LogP contribution is 2.17. The van der Waals surface area contributed by atoms with Gasteiger partial charge in [0.05, 0.1) is 11.3 Å². The predicted molar refractivity (Wildman–Crippen MR) is 78.6 cm³/mol. The van der Waals surface area contributed by atoms with Crippen LogP contribution in [0.2, 0.25) is 5.02 Å². The Balaban J connectivity index is 1.90. The Morgan fingerprint density at radius 3 is 2.57 bits per heavy atom. The number of carbonyl (C=O) groups excluding carboxylic acids is 1. The van der Waals surface area contributed by atoms with Crippen molar-refractivity contribution in [1.29, 1.82) is 0 Å². The van der Waals surface area contributed by atoms with Crippen LogP contribution in [-0.2, 0) is 0 Å². The predicted octanol–water partition coefficient (Wildman–Crippen LogP) is 2.57. The van der Waals surface area contributed by atoms with Crippen LogP contribution < -0.4 is 5.32 Å². The van der Waals surface area contributed by atoms with Gasteiger partial charge in [-0.15, -0.1) is 5.10 Å². The minimum atomic E-state index is -0.247. The number of benzene rings is 2. The Kier molecular flexibility index (Phi) is 3.61. The molecule has 0 spiro atoms. The smallest absolute Gasteiger partial charge is 0.257 e. The first-order valence-electron chi connectivity index (χ1n) is 6.13. The van der Waals surface area contributed by atoms with E-state index in [4.69, 9.17) is 11.6 Å². The van der Waals surface area contributed by atoms with E-state index >= 15 is 0 Å². The van der Waals surface area contributed by atoms with Gasteiger partial charge in [0.1, 0.15) is 6.33 Å². The third-order valence-electron chi connectivity index (χ3n) is 2.85. The van der Waals surface area contributed by atoms with Gasteiger partial charge in [-0.2, -0.15) is 4.68 Å². The second kappa shape index (κ2) is 5.72. The van der Waals surface area contributed by atoms with E-state index in [9.17, 15) is 4.79 Å². The zero-order valence-corrected chi connectivity index (χ0v) is 11.5. The van der Waals surface area contributed by atoms with E-state index in [2.05, 4.69) is 20.8 Å². The summed E-state index contributed by atoms with van der Waals surface area (Å²) in [6, 6.07) is 14.0. The van der Waals surface area contributed by atoms with Crippen molar-refractivity contribution in [3.05, 3.63) is 65.4 Å². The summed E-state index contributed by atoms with van der Waals surface area (Å²) >= 11 is 5.82. The van der Waals surface area contributed by atoms with Gasteiger partial charge in [0.2, 0.25) is 0 Å². The molecule has 0 radical (unpaired) electrons. The van der Waals surface area contributed by atoms with Crippen molar-refractivity contribution in [2.75, 3.05) is 5.32 Å². The number of hydrogen-bond donors (Lipinski definition) is 1. The maximum absolute atomic E-state index is 12.4. The Bertz CT molecular complexity index is 755. The normalized spacial score (nSPS) is 10.3. The van der Waals surface area contributed by atoms with Crippen LogP contribution in [0.25, 0.3) is 5.69 Å². The molecule has 0 aliphatic rings. The molecule has 1 N–H and O–H groups in total. The molecule has 21 heavy (non-hydrogen) atoms. The summed E-state index contributed by atoms with van der Waals surface area (Å²) in [6.07, 6.45) is 1.44. The highest BCUT2D eigenvalue weighted by Gasteiger charge is 2.13. The molecule has 1 aromatic heterocycles. The summed E-state index contributed by atoms with van der Waals surface area (Å²) in [5.41, 5.74) is 1.74. The van der Waals surface area contributed by atoms with Crippen LogP contribution in [0.4, 0.5) is 5.69 Å². The lowest BCUT2D eigenvalue weighted by atomic mass is 10.1. The lowest BCUT2D eigenvalue weighted by Gasteiger charge is -2.09. The lowest BCUT2D eigenvalue weighted by molar-refractivity contribution is 0.102. The minimum absolute atomic E-state index is 0.247. The summed E-state index contributed by atoms with van der Waals surface area (Å²) in [4.78, 5) is 12.4. The Morgan fingerprint density at radius 1 is 1.10 bits per heavy atom. The van der Waals surface area contributed by atoms with Crippen molar-refractivity contribution in [1.82, 2.24) is 20.2 Å². The van der Waals surface area contributed by atoms with Crippen LogP contribution in [-0.4, -0.2) is 26.1 Å². The van der Waals surface area contributed by atoms with Crippen molar-refractivity contribution in [2.45, 2.75) is 0 Å². The van der Waals surface area contributed by atoms with Crippen LogP contribution in [0, 0.1) is 0 Å². The Labute approximate surface area is 125 Å². The number of amides is 1. The average Bonchev–Trinajstić information content (AvgIpc) is 3.04. The summed E-state index contributed by atoms with van der Waals surface area (Å²) in [5, 5.41) is 14.4. The van der Waals surface area contributed by atoms with E-state index in [0.29, 0.717) is 22.0 Å². The first-order valence-corrected chi connectivity index (χ1v) is 6.51. The number of para-hydroxylation sites is 1. The molecule has 0 saturated heterocycles. The van der Waals surface area contributed by atoms with Crippen molar-refractivity contribution in [3.8, 4) is 5.69 Å². The third-order valence-corrected chi connectivity index (χ3v) is 3.10. The van der Waals surface area contributed by atoms with Crippen molar-refractivity contribution < 1.29 is 4.79 Å². The number of carbonyl (C=O) groups is 1. The first kappa shape index (κ1) is 13.3. The van der Waals surface area contributed by atoms with Gasteiger partial charge in [-0.25, -0.2) is 0 Å². The van der Waals surface area contributed by atoms with Crippen LogP contribution in [0.5, 0.6) is 0 Å². The van der Waals surface area contributed by atoms with E-state index < -0.39 is 0 Å². The molecule has 0 aliphatic heterocycles. The van der Waals surface area contributed by atoms with E-state index in [-0.39, 0.29) is 5.91 Å². The molecule has 0 aliphatic carbocycles. The van der Waals surface area contributed by atoms with E-state index in [1.807, 2.05) is 6.07 Å². The molecule has 3 aromatic rings. The number of anilines is 1. The fourth-order valence-corrected chi connectivity index (χ4v) is 1.99. The van der Waals surface area contributed by atoms with Gasteiger partial charge in [-0.3, -0.25) is 4.79 Å². The van der Waals surface area contributed by atoms with Gasteiger partial charge in [0.15, 0.2) is 0 Å². The second-order valence-corrected chi connectivity index (χ2v) is 4.67. The third kappa shape index (κ3) is 2.90. The number of nitrogens with one attached hydrogen (secondary N) is 1. The molecule has 6 nitrogen and oxygen atoms in total. The number of nitrogens with zero attached hydrogens (tertiary/aromatic N) is 4. The summed E-state index contributed by atoms with van der Waals surface area (Å²) in [7, 11) is 0. The van der Waals surface area contributed by atoms with Crippen molar-refractivity contribution >= 4 is 23.2 Å². The lowest BCUT2D eigenvalue weighted by Crippen LogP contribution is -2.15. The quantitative estimate of drug-likeness (QED) is 0.806. The van der Waals surface area contributed by atoms with E-state index in [1.165, 1.54) is 11.0 Å². The Hall–Kier alpha value is -2.73. The minimum Gasteiger partial charge on any atom is -0.322 e. The molecule has 2 aromatic carbocycles. The highest BCUT2D eigenvalue weighted by molar-refractivity contribution is 6.30. The van der Waals surface area contributed by atoms with Gasteiger partial charge in [-0.1, -0.05) is 23.7 Å². The maximum atomic E-state index is 12.4. The van der Waals surface area contributed by atoms with Crippen LogP contribution in [0.1, 0.15) is 10.4 Å². The molecule has 7 heteroatoms. The Morgan fingerprint density at radius 2 is 1.86 bits per heavy atom. The molecular formula is C14H10ClN5O. The molecule has 3 rings (SSSR count). The molecule has 0 saturated carbocycles. The maximum Gasteiger partial charge on any atom is 0.257 e. The average molecular weight is 300 g/mol. The zero-order chi connectivity index (χ0) is 14.7. The zero-order valence-electron chi connectivity index (χ0n) is 10.8. The topological polar surface area (TPSA) is 72.7 Å². The summed E-state index contributed by atoms with van der Waals surface area (Å²) < 4.78 is 1.44. The number of halogens is 1. The largest absolute Gasteiger partial charge is 0.322 e. The molecule has 1 amide bonds. The van der Waals surface area contributed by atoms with E-state index in [0.717, 1.165) is 0 Å². The van der Waals surface area contributed by atoms with Gasteiger partial charge >= 0.3 is 0 Å². The fraction of sp³-hybridized carbons (Fsp3) is 0. The molecule has 0 unspecified atom stereocenters. The number of rotatable bonds is 3. The van der Waals surface area contributed by atoms with Crippen LogP contribution in [0.15, 0.2) is 54.9 Å². The van der Waals surface area contributed by atoms with Gasteiger partial charge in [0, 0.05) is 10.7 Å².